The normalized spacial score (nSPS) is 21.2. The number of rotatable bonds is 2. The van der Waals surface area contributed by atoms with Crippen molar-refractivity contribution in [3.05, 3.63) is 16.1 Å². The van der Waals surface area contributed by atoms with E-state index in [0.29, 0.717) is 5.69 Å². The van der Waals surface area contributed by atoms with Crippen LogP contribution in [0.2, 0.25) is 0 Å². The van der Waals surface area contributed by atoms with E-state index in [1.54, 1.807) is 0 Å². The van der Waals surface area contributed by atoms with Crippen molar-refractivity contribution in [1.82, 2.24) is 14.9 Å². The molecular weight excluding hydrogens is 306 g/mol. The number of nitrogens with zero attached hydrogens (tertiary/aromatic N) is 2. The second-order valence-corrected chi connectivity index (χ2v) is 6.75. The number of aryl methyl sites for hydroxylation is 1. The third-order valence-corrected chi connectivity index (χ3v) is 5.16. The number of fused-ring (bicyclic) bond motifs is 1. The fourth-order valence-electron chi connectivity index (χ4n) is 3.22. The Morgan fingerprint density at radius 3 is 2.74 bits per heavy atom. The Labute approximate surface area is 122 Å². The van der Waals surface area contributed by atoms with Crippen LogP contribution in [0.3, 0.4) is 0 Å². The Balaban J connectivity index is 1.77. The fraction of sp³-hybridized carbons (Fsp3) is 0.714. The summed E-state index contributed by atoms with van der Waals surface area (Å²) < 4.78 is 2.95. The minimum absolute atomic E-state index is 0.0295. The maximum Gasteiger partial charge on any atom is 0.273 e. The molecule has 0 spiro atoms. The molecule has 2 aliphatic rings. The molecule has 3 rings (SSSR count). The second kappa shape index (κ2) is 4.93. The van der Waals surface area contributed by atoms with Crippen LogP contribution in [0.25, 0.3) is 0 Å². The molecule has 1 aliphatic heterocycles. The third kappa shape index (κ3) is 2.45. The number of hydrogen-bond donors (Lipinski definition) is 1. The molecular formula is C14H20BrN3O. The van der Waals surface area contributed by atoms with Gasteiger partial charge in [-0.2, -0.15) is 0 Å². The molecule has 1 N–H and O–H groups in total. The van der Waals surface area contributed by atoms with Crippen molar-refractivity contribution in [3.63, 3.8) is 0 Å². The van der Waals surface area contributed by atoms with Gasteiger partial charge in [0.2, 0.25) is 0 Å². The highest BCUT2D eigenvalue weighted by Crippen LogP contribution is 2.29. The van der Waals surface area contributed by atoms with E-state index in [0.717, 1.165) is 42.7 Å². The number of imidazole rings is 1. The van der Waals surface area contributed by atoms with Gasteiger partial charge >= 0.3 is 0 Å². The summed E-state index contributed by atoms with van der Waals surface area (Å²) >= 11 is 3.52. The molecule has 1 aromatic rings. The lowest BCUT2D eigenvalue weighted by Crippen LogP contribution is -2.47. The van der Waals surface area contributed by atoms with Crippen LogP contribution >= 0.6 is 15.9 Å². The van der Waals surface area contributed by atoms with Crippen LogP contribution in [-0.4, -0.2) is 21.0 Å². The highest BCUT2D eigenvalue weighted by atomic mass is 79.9. The zero-order chi connectivity index (χ0) is 13.5. The number of amides is 1. The number of aromatic nitrogens is 2. The van der Waals surface area contributed by atoms with E-state index in [1.807, 2.05) is 0 Å². The van der Waals surface area contributed by atoms with Crippen LogP contribution in [0.1, 0.15) is 61.8 Å². The van der Waals surface area contributed by atoms with Crippen molar-refractivity contribution in [2.24, 2.45) is 0 Å². The Kier molecular flexibility index (Phi) is 3.41. The minimum atomic E-state index is -0.0527. The van der Waals surface area contributed by atoms with Crippen molar-refractivity contribution in [2.75, 3.05) is 0 Å². The standard InChI is InChI=1S/C14H20BrN3O/c1-14(7-3-2-4-8-14)17-13(19)11-12(15)18-9-5-6-10(18)16-11/h2-9H2,1H3,(H,17,19). The van der Waals surface area contributed by atoms with Crippen LogP contribution < -0.4 is 5.32 Å². The molecule has 104 valence electrons. The summed E-state index contributed by atoms with van der Waals surface area (Å²) in [5.41, 5.74) is 0.504. The van der Waals surface area contributed by atoms with Crippen molar-refractivity contribution >= 4 is 21.8 Å². The van der Waals surface area contributed by atoms with Crippen molar-refractivity contribution in [2.45, 2.75) is 64.0 Å². The molecule has 1 aliphatic carbocycles. The van der Waals surface area contributed by atoms with E-state index >= 15 is 0 Å². The highest BCUT2D eigenvalue weighted by Gasteiger charge is 2.31. The van der Waals surface area contributed by atoms with Crippen LogP contribution in [-0.2, 0) is 13.0 Å². The third-order valence-electron chi connectivity index (χ3n) is 4.35. The van der Waals surface area contributed by atoms with Crippen LogP contribution in [0.4, 0.5) is 0 Å². The van der Waals surface area contributed by atoms with Gasteiger partial charge in [0.1, 0.15) is 10.4 Å². The van der Waals surface area contributed by atoms with Gasteiger partial charge in [0.15, 0.2) is 5.69 Å². The van der Waals surface area contributed by atoms with Gasteiger partial charge in [0.25, 0.3) is 5.91 Å². The highest BCUT2D eigenvalue weighted by molar-refractivity contribution is 9.10. The van der Waals surface area contributed by atoms with E-state index in [4.69, 9.17) is 0 Å². The van der Waals surface area contributed by atoms with Gasteiger partial charge in [-0.15, -0.1) is 0 Å². The molecule has 1 saturated carbocycles. The maximum absolute atomic E-state index is 12.4. The number of nitrogens with one attached hydrogen (secondary N) is 1. The summed E-state index contributed by atoms with van der Waals surface area (Å²) in [6.07, 6.45) is 7.95. The quantitative estimate of drug-likeness (QED) is 0.908. The Morgan fingerprint density at radius 2 is 2.05 bits per heavy atom. The summed E-state index contributed by atoms with van der Waals surface area (Å²) in [5.74, 6) is 1.00. The lowest BCUT2D eigenvalue weighted by Gasteiger charge is -2.34. The van der Waals surface area contributed by atoms with Gasteiger partial charge in [-0.05, 0) is 42.1 Å². The van der Waals surface area contributed by atoms with E-state index in [9.17, 15) is 4.79 Å². The minimum Gasteiger partial charge on any atom is -0.345 e. The summed E-state index contributed by atoms with van der Waals surface area (Å²) in [4.78, 5) is 16.9. The molecule has 5 heteroatoms. The van der Waals surface area contributed by atoms with Crippen molar-refractivity contribution in [3.8, 4) is 0 Å². The van der Waals surface area contributed by atoms with Gasteiger partial charge in [-0.3, -0.25) is 4.79 Å². The van der Waals surface area contributed by atoms with Gasteiger partial charge in [-0.25, -0.2) is 4.98 Å². The topological polar surface area (TPSA) is 46.9 Å². The Morgan fingerprint density at radius 1 is 1.32 bits per heavy atom. The first-order valence-electron chi connectivity index (χ1n) is 7.16. The Bertz CT molecular complexity index is 503. The monoisotopic (exact) mass is 325 g/mol. The molecule has 1 aromatic heterocycles. The second-order valence-electron chi connectivity index (χ2n) is 6.00. The predicted octanol–water partition coefficient (Wildman–Crippen LogP) is 3.04. The van der Waals surface area contributed by atoms with Crippen LogP contribution in [0.5, 0.6) is 0 Å². The fourth-order valence-corrected chi connectivity index (χ4v) is 3.88. The van der Waals surface area contributed by atoms with Crippen LogP contribution in [0, 0.1) is 0 Å². The number of carbonyl (C=O) groups is 1. The summed E-state index contributed by atoms with van der Waals surface area (Å²) in [6, 6.07) is 0. The van der Waals surface area contributed by atoms with Gasteiger partial charge in [0, 0.05) is 18.5 Å². The largest absolute Gasteiger partial charge is 0.345 e. The van der Waals surface area contributed by atoms with Gasteiger partial charge < -0.3 is 9.88 Å². The lowest BCUT2D eigenvalue weighted by molar-refractivity contribution is 0.0876. The first-order valence-corrected chi connectivity index (χ1v) is 7.96. The van der Waals surface area contributed by atoms with E-state index in [-0.39, 0.29) is 11.4 Å². The van der Waals surface area contributed by atoms with Gasteiger partial charge in [0.05, 0.1) is 0 Å². The zero-order valence-electron chi connectivity index (χ0n) is 11.3. The summed E-state index contributed by atoms with van der Waals surface area (Å²) in [7, 11) is 0. The van der Waals surface area contributed by atoms with E-state index < -0.39 is 0 Å². The molecule has 0 saturated heterocycles. The average Bonchev–Trinajstić information content (AvgIpc) is 2.93. The summed E-state index contributed by atoms with van der Waals surface area (Å²) in [5, 5.41) is 3.20. The number of hydrogen-bond acceptors (Lipinski definition) is 2. The molecule has 4 nitrogen and oxygen atoms in total. The lowest BCUT2D eigenvalue weighted by atomic mass is 9.83. The number of halogens is 1. The molecule has 1 amide bonds. The molecule has 1 fully saturated rings. The van der Waals surface area contributed by atoms with Crippen molar-refractivity contribution in [1.29, 1.82) is 0 Å². The SMILES string of the molecule is CC1(NC(=O)c2nc3n(c2Br)CCC3)CCCCC1. The molecule has 2 heterocycles. The van der Waals surface area contributed by atoms with Gasteiger partial charge in [-0.1, -0.05) is 19.3 Å². The summed E-state index contributed by atoms with van der Waals surface area (Å²) in [6.45, 7) is 3.12. The maximum atomic E-state index is 12.4. The van der Waals surface area contributed by atoms with Crippen molar-refractivity contribution < 1.29 is 4.79 Å². The zero-order valence-corrected chi connectivity index (χ0v) is 12.9. The Hall–Kier alpha value is -0.840. The molecule has 19 heavy (non-hydrogen) atoms. The smallest absolute Gasteiger partial charge is 0.273 e. The van der Waals surface area contributed by atoms with E-state index in [2.05, 4.69) is 37.7 Å². The molecule has 0 radical (unpaired) electrons. The molecule has 0 atom stereocenters. The molecule has 0 bridgehead atoms. The predicted molar refractivity (Wildman–Crippen MR) is 77.2 cm³/mol. The molecule has 0 unspecified atom stereocenters. The van der Waals surface area contributed by atoms with Crippen LogP contribution in [0.15, 0.2) is 4.60 Å². The van der Waals surface area contributed by atoms with E-state index in [1.165, 1.54) is 19.3 Å². The first-order chi connectivity index (χ1) is 9.09. The first kappa shape index (κ1) is 13.2. The molecule has 0 aromatic carbocycles. The number of carbonyl (C=O) groups excluding carboxylic acids is 1. The average molecular weight is 326 g/mol.